The molecule has 0 saturated carbocycles. The van der Waals surface area contributed by atoms with Crippen LogP contribution >= 0.6 is 0 Å². The summed E-state index contributed by atoms with van der Waals surface area (Å²) in [7, 11) is 0. The highest BCUT2D eigenvalue weighted by molar-refractivity contribution is 5.76. The van der Waals surface area contributed by atoms with E-state index in [-0.39, 0.29) is 18.0 Å². The van der Waals surface area contributed by atoms with Crippen LogP contribution < -0.4 is 0 Å². The number of aliphatic hydroxyl groups is 5. The summed E-state index contributed by atoms with van der Waals surface area (Å²) in [4.78, 5) is 11.6. The van der Waals surface area contributed by atoms with Crippen LogP contribution in [0.25, 0.3) is 6.08 Å². The Labute approximate surface area is 150 Å². The average Bonchev–Trinajstić information content (AvgIpc) is 2.59. The highest BCUT2D eigenvalue weighted by atomic mass is 16.7. The molecule has 6 atom stereocenters. The molecule has 1 fully saturated rings. The Bertz CT molecular complexity index is 658. The first-order chi connectivity index (χ1) is 12.2. The number of aliphatic hydroxyl groups excluding tert-OH is 4. The van der Waals surface area contributed by atoms with Crippen LogP contribution in [0.2, 0.25) is 0 Å². The molecule has 1 aliphatic heterocycles. The number of ketones is 1. The van der Waals surface area contributed by atoms with Gasteiger partial charge in [0.2, 0.25) is 5.79 Å². The third kappa shape index (κ3) is 4.29. The van der Waals surface area contributed by atoms with Gasteiger partial charge in [-0.3, -0.25) is 0 Å². The van der Waals surface area contributed by atoms with Gasteiger partial charge in [-0.05, 0) is 24.6 Å². The maximum atomic E-state index is 11.6. The van der Waals surface area contributed by atoms with Gasteiger partial charge in [-0.1, -0.05) is 24.3 Å². The van der Waals surface area contributed by atoms with Gasteiger partial charge in [-0.25, -0.2) is 0 Å². The summed E-state index contributed by atoms with van der Waals surface area (Å²) in [5.41, 5.74) is 0.576. The van der Waals surface area contributed by atoms with Crippen molar-refractivity contribution in [3.8, 4) is 5.75 Å². The molecule has 0 amide bonds. The van der Waals surface area contributed by atoms with Crippen LogP contribution in [0.4, 0.5) is 0 Å². The number of rotatable bonds is 6. The second kappa shape index (κ2) is 8.26. The molecule has 1 aliphatic rings. The first-order valence-electron chi connectivity index (χ1n) is 8.21. The second-order valence-corrected chi connectivity index (χ2v) is 6.48. The van der Waals surface area contributed by atoms with Crippen molar-refractivity contribution in [1.29, 1.82) is 0 Å². The van der Waals surface area contributed by atoms with Gasteiger partial charge in [-0.15, -0.1) is 0 Å². The van der Waals surface area contributed by atoms with Crippen LogP contribution in [-0.2, 0) is 9.53 Å². The molecule has 8 heteroatoms. The molecular weight excluding hydrogens is 344 g/mol. The molecule has 1 heterocycles. The Kier molecular flexibility index (Phi) is 6.51. The maximum Gasteiger partial charge on any atom is 0.202 e. The van der Waals surface area contributed by atoms with E-state index < -0.39 is 42.7 Å². The van der Waals surface area contributed by atoms with Crippen LogP contribution in [0.1, 0.15) is 18.9 Å². The number of carbonyl (C=O) groups excluding carboxylic acids is 1. The van der Waals surface area contributed by atoms with E-state index in [0.29, 0.717) is 5.56 Å². The van der Waals surface area contributed by atoms with Gasteiger partial charge < -0.3 is 40.2 Å². The molecule has 6 N–H and O–H groups in total. The lowest BCUT2D eigenvalue weighted by Gasteiger charge is -2.48. The van der Waals surface area contributed by atoms with Gasteiger partial charge in [0.05, 0.1) is 6.61 Å². The first-order valence-corrected chi connectivity index (χ1v) is 8.21. The van der Waals surface area contributed by atoms with E-state index in [4.69, 9.17) is 4.74 Å². The minimum Gasteiger partial charge on any atom is -0.508 e. The van der Waals surface area contributed by atoms with E-state index in [2.05, 4.69) is 0 Å². The topological polar surface area (TPSA) is 148 Å². The molecule has 0 spiro atoms. The van der Waals surface area contributed by atoms with Gasteiger partial charge in [-0.2, -0.15) is 0 Å². The number of Topliss-reactive ketones (excluding diaryl/α,β-unsaturated/α-hetero) is 1. The minimum atomic E-state index is -2.40. The van der Waals surface area contributed by atoms with Crippen molar-refractivity contribution in [1.82, 2.24) is 0 Å². The largest absolute Gasteiger partial charge is 0.508 e. The number of hydrogen-bond acceptors (Lipinski definition) is 8. The summed E-state index contributed by atoms with van der Waals surface area (Å²) in [5.74, 6) is -3.75. The Hall–Kier alpha value is -1.81. The molecule has 1 saturated heterocycles. The highest BCUT2D eigenvalue weighted by Gasteiger charge is 2.55. The van der Waals surface area contributed by atoms with E-state index >= 15 is 0 Å². The number of hydrogen-bond donors (Lipinski definition) is 6. The van der Waals surface area contributed by atoms with Crippen LogP contribution in [0.3, 0.4) is 0 Å². The number of phenolic OH excluding ortho intramolecular Hbond substituents is 1. The van der Waals surface area contributed by atoms with E-state index in [1.54, 1.807) is 12.1 Å². The van der Waals surface area contributed by atoms with Crippen molar-refractivity contribution in [2.45, 2.75) is 43.5 Å². The summed E-state index contributed by atoms with van der Waals surface area (Å²) < 4.78 is 5.29. The SMILES string of the molecule is CC(=O)CC(/C=C/c1cccc(O)c1)[C@@]1(O)O[C@H](CO)[C@@H](O)[C@H](O)[C@H]1O. The molecule has 0 aliphatic carbocycles. The van der Waals surface area contributed by atoms with Gasteiger partial charge >= 0.3 is 0 Å². The summed E-state index contributed by atoms with van der Waals surface area (Å²) in [6.07, 6.45) is -3.88. The summed E-state index contributed by atoms with van der Waals surface area (Å²) in [6, 6.07) is 6.23. The van der Waals surface area contributed by atoms with E-state index in [9.17, 15) is 35.4 Å². The predicted molar refractivity (Wildman–Crippen MR) is 90.9 cm³/mol. The van der Waals surface area contributed by atoms with Crippen molar-refractivity contribution in [2.24, 2.45) is 5.92 Å². The summed E-state index contributed by atoms with van der Waals surface area (Å²) in [5, 5.41) is 59.7. The lowest BCUT2D eigenvalue weighted by Crippen LogP contribution is -2.67. The highest BCUT2D eigenvalue weighted by Crippen LogP contribution is 2.36. The van der Waals surface area contributed by atoms with Crippen molar-refractivity contribution in [3.63, 3.8) is 0 Å². The van der Waals surface area contributed by atoms with Crippen LogP contribution in [0.5, 0.6) is 5.75 Å². The zero-order valence-electron chi connectivity index (χ0n) is 14.3. The number of phenols is 1. The molecule has 2 rings (SSSR count). The third-order valence-electron chi connectivity index (χ3n) is 4.43. The fourth-order valence-electron chi connectivity index (χ4n) is 3.00. The fraction of sp³-hybridized carbons (Fsp3) is 0.500. The van der Waals surface area contributed by atoms with Gasteiger partial charge in [0.1, 0.15) is 35.9 Å². The molecule has 1 aromatic carbocycles. The van der Waals surface area contributed by atoms with Crippen molar-refractivity contribution in [3.05, 3.63) is 35.9 Å². The molecule has 1 unspecified atom stereocenters. The third-order valence-corrected chi connectivity index (χ3v) is 4.43. The zero-order valence-corrected chi connectivity index (χ0v) is 14.3. The lowest BCUT2D eigenvalue weighted by molar-refractivity contribution is -0.362. The summed E-state index contributed by atoms with van der Waals surface area (Å²) in [6.45, 7) is 0.596. The van der Waals surface area contributed by atoms with Gasteiger partial charge in [0.25, 0.3) is 0 Å². The monoisotopic (exact) mass is 368 g/mol. The Morgan fingerprint density at radius 1 is 1.31 bits per heavy atom. The molecule has 0 bridgehead atoms. The number of ether oxygens (including phenoxy) is 1. The molecule has 1 aromatic rings. The quantitative estimate of drug-likeness (QED) is 0.381. The van der Waals surface area contributed by atoms with Crippen LogP contribution in [0, 0.1) is 5.92 Å². The Morgan fingerprint density at radius 2 is 2.00 bits per heavy atom. The van der Waals surface area contributed by atoms with Crippen molar-refractivity contribution < 1.29 is 40.2 Å². The average molecular weight is 368 g/mol. The van der Waals surface area contributed by atoms with Crippen LogP contribution in [-0.4, -0.2) is 73.2 Å². The van der Waals surface area contributed by atoms with Gasteiger partial charge in [0, 0.05) is 12.3 Å². The lowest BCUT2D eigenvalue weighted by atomic mass is 9.82. The normalized spacial score (nSPS) is 33.3. The Balaban J connectivity index is 2.36. The zero-order chi connectivity index (χ0) is 19.5. The molecular formula is C18H24O8. The van der Waals surface area contributed by atoms with Crippen molar-refractivity contribution in [2.75, 3.05) is 6.61 Å². The van der Waals surface area contributed by atoms with E-state index in [0.717, 1.165) is 0 Å². The maximum absolute atomic E-state index is 11.6. The number of aromatic hydroxyl groups is 1. The standard InChI is InChI=1S/C18H24O8/c1-10(20)7-12(6-5-11-3-2-4-13(21)8-11)18(25)17(24)16(23)15(22)14(9-19)26-18/h2-6,8,12,14-17,19,21-25H,7,9H2,1H3/b6-5+/t12?,14-,15-,16+,17-,18-/m1/s1. The van der Waals surface area contributed by atoms with Crippen molar-refractivity contribution >= 4 is 11.9 Å². The van der Waals surface area contributed by atoms with E-state index in [1.165, 1.54) is 31.2 Å². The number of benzene rings is 1. The molecule has 0 radical (unpaired) electrons. The molecule has 0 aromatic heterocycles. The number of carbonyl (C=O) groups is 1. The fourth-order valence-corrected chi connectivity index (χ4v) is 3.00. The molecule has 8 nitrogen and oxygen atoms in total. The van der Waals surface area contributed by atoms with Crippen LogP contribution in [0.15, 0.2) is 30.3 Å². The smallest absolute Gasteiger partial charge is 0.202 e. The second-order valence-electron chi connectivity index (χ2n) is 6.48. The first kappa shape index (κ1) is 20.5. The molecule has 26 heavy (non-hydrogen) atoms. The van der Waals surface area contributed by atoms with Gasteiger partial charge in [0.15, 0.2) is 0 Å². The minimum absolute atomic E-state index is 0.0295. The molecule has 144 valence electrons. The predicted octanol–water partition coefficient (Wildman–Crippen LogP) is -0.837. The Morgan fingerprint density at radius 3 is 2.58 bits per heavy atom. The van der Waals surface area contributed by atoms with E-state index in [1.807, 2.05) is 0 Å². The summed E-state index contributed by atoms with van der Waals surface area (Å²) >= 11 is 0.